The number of benzene rings is 2. The van der Waals surface area contributed by atoms with Crippen molar-refractivity contribution in [1.29, 1.82) is 0 Å². The van der Waals surface area contributed by atoms with Gasteiger partial charge in [0.05, 0.1) is 19.4 Å². The van der Waals surface area contributed by atoms with E-state index in [4.69, 9.17) is 32.7 Å². The zero-order valence-electron chi connectivity index (χ0n) is 14.6. The maximum Gasteiger partial charge on any atom is 0.435 e. The third-order valence-electron chi connectivity index (χ3n) is 4.19. The highest BCUT2D eigenvalue weighted by molar-refractivity contribution is 6.31. The van der Waals surface area contributed by atoms with Gasteiger partial charge in [0.25, 0.3) is 0 Å². The van der Waals surface area contributed by atoms with E-state index < -0.39 is 17.5 Å². The molecule has 0 saturated carbocycles. The fourth-order valence-corrected chi connectivity index (χ4v) is 3.02. The molecular weight excluding hydrogens is 391 g/mol. The number of nitrogens with zero attached hydrogens (tertiary/aromatic N) is 2. The average molecular weight is 407 g/mol. The molecule has 0 N–H and O–H groups in total. The molecule has 27 heavy (non-hydrogen) atoms. The van der Waals surface area contributed by atoms with E-state index in [0.717, 1.165) is 5.01 Å². The van der Waals surface area contributed by atoms with Crippen LogP contribution >= 0.6 is 23.2 Å². The molecular formula is C19H16Cl2N2O4. The van der Waals surface area contributed by atoms with Gasteiger partial charge in [-0.15, -0.1) is 0 Å². The Morgan fingerprint density at radius 1 is 1.04 bits per heavy atom. The molecule has 0 spiro atoms. The minimum absolute atomic E-state index is 0.00986. The summed E-state index contributed by atoms with van der Waals surface area (Å²) < 4.78 is 10.2. The molecule has 8 heteroatoms. The Balaban J connectivity index is 1.90. The van der Waals surface area contributed by atoms with Crippen LogP contribution in [0.15, 0.2) is 53.6 Å². The third-order valence-corrected chi connectivity index (χ3v) is 4.70. The summed E-state index contributed by atoms with van der Waals surface area (Å²) in [7, 11) is 1.29. The van der Waals surface area contributed by atoms with Crippen LogP contribution in [-0.2, 0) is 9.53 Å². The number of carbonyl (C=O) groups excluding carboxylic acids is 2. The van der Waals surface area contributed by atoms with Crippen LogP contribution in [0, 0.1) is 5.41 Å². The molecule has 3 rings (SSSR count). The monoisotopic (exact) mass is 406 g/mol. The second-order valence-corrected chi connectivity index (χ2v) is 7.03. The summed E-state index contributed by atoms with van der Waals surface area (Å²) in [4.78, 5) is 24.9. The summed E-state index contributed by atoms with van der Waals surface area (Å²) in [5, 5.41) is 6.51. The lowest BCUT2D eigenvalue weighted by Crippen LogP contribution is -2.41. The minimum atomic E-state index is -1.14. The van der Waals surface area contributed by atoms with Crippen molar-refractivity contribution < 1.29 is 19.1 Å². The van der Waals surface area contributed by atoms with Crippen molar-refractivity contribution in [2.45, 2.75) is 6.92 Å². The zero-order valence-corrected chi connectivity index (χ0v) is 16.1. The van der Waals surface area contributed by atoms with Crippen LogP contribution in [0.1, 0.15) is 12.5 Å². The number of hydrazone groups is 1. The van der Waals surface area contributed by atoms with Crippen LogP contribution in [0.2, 0.25) is 10.0 Å². The molecule has 0 unspecified atom stereocenters. The lowest BCUT2D eigenvalue weighted by atomic mass is 9.82. The van der Waals surface area contributed by atoms with Crippen LogP contribution < -0.4 is 4.74 Å². The molecule has 1 atom stereocenters. The Morgan fingerprint density at radius 3 is 2.15 bits per heavy atom. The number of halogens is 2. The lowest BCUT2D eigenvalue weighted by molar-refractivity contribution is -0.147. The van der Waals surface area contributed by atoms with Crippen LogP contribution in [0.4, 0.5) is 4.79 Å². The number of ether oxygens (including phenoxy) is 2. The van der Waals surface area contributed by atoms with Crippen molar-refractivity contribution in [3.8, 4) is 5.75 Å². The molecule has 1 heterocycles. The zero-order chi connectivity index (χ0) is 19.6. The number of hydrogen-bond acceptors (Lipinski definition) is 5. The highest BCUT2D eigenvalue weighted by Gasteiger charge is 2.48. The summed E-state index contributed by atoms with van der Waals surface area (Å²) in [6.07, 6.45) is -0.712. The van der Waals surface area contributed by atoms with E-state index in [-0.39, 0.29) is 6.54 Å². The van der Waals surface area contributed by atoms with Gasteiger partial charge >= 0.3 is 12.1 Å². The number of esters is 1. The van der Waals surface area contributed by atoms with Crippen molar-refractivity contribution in [2.24, 2.45) is 10.5 Å². The lowest BCUT2D eigenvalue weighted by Gasteiger charge is -2.23. The molecule has 0 aliphatic carbocycles. The quantitative estimate of drug-likeness (QED) is 0.708. The van der Waals surface area contributed by atoms with E-state index in [1.54, 1.807) is 55.5 Å². The topological polar surface area (TPSA) is 68.2 Å². The molecule has 2 aromatic carbocycles. The molecule has 0 bridgehead atoms. The van der Waals surface area contributed by atoms with Gasteiger partial charge in [0, 0.05) is 10.0 Å². The summed E-state index contributed by atoms with van der Waals surface area (Å²) in [5.41, 5.74) is -0.0742. The van der Waals surface area contributed by atoms with Crippen LogP contribution in [0.25, 0.3) is 0 Å². The van der Waals surface area contributed by atoms with E-state index >= 15 is 0 Å². The number of amides is 1. The summed E-state index contributed by atoms with van der Waals surface area (Å²) >= 11 is 11.8. The van der Waals surface area contributed by atoms with Crippen molar-refractivity contribution in [3.63, 3.8) is 0 Å². The van der Waals surface area contributed by atoms with E-state index in [9.17, 15) is 9.59 Å². The molecule has 1 aliphatic rings. The van der Waals surface area contributed by atoms with Gasteiger partial charge in [0.1, 0.15) is 11.2 Å². The van der Waals surface area contributed by atoms with Gasteiger partial charge in [-0.1, -0.05) is 35.3 Å². The van der Waals surface area contributed by atoms with Gasteiger partial charge in [-0.3, -0.25) is 4.79 Å². The largest absolute Gasteiger partial charge is 0.468 e. The van der Waals surface area contributed by atoms with Gasteiger partial charge in [-0.2, -0.15) is 10.1 Å². The highest BCUT2D eigenvalue weighted by atomic mass is 35.5. The van der Waals surface area contributed by atoms with E-state index in [0.29, 0.717) is 27.1 Å². The Hall–Kier alpha value is -2.57. The molecule has 6 nitrogen and oxygen atoms in total. The first kappa shape index (κ1) is 19.2. The van der Waals surface area contributed by atoms with Gasteiger partial charge < -0.3 is 9.47 Å². The first-order valence-electron chi connectivity index (χ1n) is 8.02. The molecule has 1 amide bonds. The van der Waals surface area contributed by atoms with E-state index in [1.807, 2.05) is 0 Å². The van der Waals surface area contributed by atoms with Gasteiger partial charge in [-0.25, -0.2) is 4.79 Å². The second-order valence-electron chi connectivity index (χ2n) is 6.16. The number of methoxy groups -OCH3 is 1. The predicted molar refractivity (Wildman–Crippen MR) is 102 cm³/mol. The second kappa shape index (κ2) is 7.58. The third kappa shape index (κ3) is 3.91. The first-order chi connectivity index (χ1) is 12.8. The maximum atomic E-state index is 12.5. The molecule has 0 saturated heterocycles. The van der Waals surface area contributed by atoms with Crippen LogP contribution in [0.5, 0.6) is 5.75 Å². The molecule has 1 aliphatic heterocycles. The molecule has 0 aromatic heterocycles. The SMILES string of the molecule is COC(=O)[C@]1(C)CN(C(=O)Oc2ccc(Cl)cc2)N=C1c1ccc(Cl)cc1. The van der Waals surface area contributed by atoms with E-state index in [1.165, 1.54) is 7.11 Å². The molecule has 0 fully saturated rings. The van der Waals surface area contributed by atoms with Crippen LogP contribution in [-0.4, -0.2) is 36.4 Å². The fourth-order valence-electron chi connectivity index (χ4n) is 2.77. The van der Waals surface area contributed by atoms with Gasteiger partial charge in [0.15, 0.2) is 0 Å². The smallest absolute Gasteiger partial charge is 0.435 e. The molecule has 2 aromatic rings. The predicted octanol–water partition coefficient (Wildman–Crippen LogP) is 4.39. The van der Waals surface area contributed by atoms with Gasteiger partial charge in [0.2, 0.25) is 0 Å². The Morgan fingerprint density at radius 2 is 1.59 bits per heavy atom. The summed E-state index contributed by atoms with van der Waals surface area (Å²) in [6, 6.07) is 13.2. The average Bonchev–Trinajstić information content (AvgIpc) is 3.02. The summed E-state index contributed by atoms with van der Waals surface area (Å²) in [5.74, 6) is -0.183. The van der Waals surface area contributed by atoms with Crippen molar-refractivity contribution in [2.75, 3.05) is 13.7 Å². The van der Waals surface area contributed by atoms with Crippen molar-refractivity contribution >= 4 is 41.0 Å². The Kier molecular flexibility index (Phi) is 5.39. The van der Waals surface area contributed by atoms with Crippen molar-refractivity contribution in [3.05, 3.63) is 64.1 Å². The first-order valence-corrected chi connectivity index (χ1v) is 8.77. The highest BCUT2D eigenvalue weighted by Crippen LogP contribution is 2.33. The number of hydrogen-bond donors (Lipinski definition) is 0. The number of rotatable bonds is 3. The van der Waals surface area contributed by atoms with Crippen molar-refractivity contribution in [1.82, 2.24) is 5.01 Å². The molecule has 0 radical (unpaired) electrons. The number of carbonyl (C=O) groups is 2. The van der Waals surface area contributed by atoms with E-state index in [2.05, 4.69) is 5.10 Å². The Bertz CT molecular complexity index is 897. The minimum Gasteiger partial charge on any atom is -0.468 e. The van der Waals surface area contributed by atoms with Gasteiger partial charge in [-0.05, 0) is 48.9 Å². The Labute approximate surface area is 166 Å². The standard InChI is InChI=1S/C19H16Cl2N2O4/c1-19(17(24)26-2)11-23(18(25)27-15-9-7-14(21)8-10-15)22-16(19)12-3-5-13(20)6-4-12/h3-10H,11H2,1-2H3/t19-/m1/s1. The molecule has 140 valence electrons. The summed E-state index contributed by atoms with van der Waals surface area (Å²) in [6.45, 7) is 1.66. The normalized spacial score (nSPS) is 18.8. The fraction of sp³-hybridized carbons (Fsp3) is 0.211. The van der Waals surface area contributed by atoms with Crippen LogP contribution in [0.3, 0.4) is 0 Å². The maximum absolute atomic E-state index is 12.5.